The van der Waals surface area contributed by atoms with E-state index in [1.807, 2.05) is 0 Å². The zero-order chi connectivity index (χ0) is 16.7. The van der Waals surface area contributed by atoms with Crippen molar-refractivity contribution >= 4 is 22.6 Å². The van der Waals surface area contributed by atoms with Gasteiger partial charge < -0.3 is 19.2 Å². The maximum absolute atomic E-state index is 13.4. The van der Waals surface area contributed by atoms with E-state index in [0.29, 0.717) is 46.9 Å². The summed E-state index contributed by atoms with van der Waals surface area (Å²) >= 11 is 0. The lowest BCUT2D eigenvalue weighted by molar-refractivity contribution is 0.0996. The van der Waals surface area contributed by atoms with Crippen LogP contribution in [0.1, 0.15) is 16.1 Å². The van der Waals surface area contributed by atoms with Crippen LogP contribution in [0.15, 0.2) is 40.8 Å². The fourth-order valence-corrected chi connectivity index (χ4v) is 2.76. The molecule has 0 spiro atoms. The van der Waals surface area contributed by atoms with E-state index in [0.717, 1.165) is 0 Å². The van der Waals surface area contributed by atoms with Gasteiger partial charge in [-0.1, -0.05) is 6.07 Å². The summed E-state index contributed by atoms with van der Waals surface area (Å²) in [5.74, 6) is 0.428. The predicted molar refractivity (Wildman–Crippen MR) is 86.3 cm³/mol. The number of ether oxygens (including phenoxy) is 2. The normalized spacial score (nSPS) is 13.1. The number of anilines is 1. The molecule has 6 heteroatoms. The van der Waals surface area contributed by atoms with Crippen molar-refractivity contribution in [3.05, 3.63) is 53.5 Å². The molecule has 0 radical (unpaired) electrons. The third kappa shape index (κ3) is 2.36. The SMILES string of the molecule is Cc1c(C(=O)Nc2cccc3c2OCCO3)oc2ccc(F)cc12. The second-order valence-corrected chi connectivity index (χ2v) is 5.48. The van der Waals surface area contributed by atoms with Crippen LogP contribution in [0.5, 0.6) is 11.5 Å². The van der Waals surface area contributed by atoms with Crippen molar-refractivity contribution in [1.82, 2.24) is 0 Å². The van der Waals surface area contributed by atoms with Crippen LogP contribution < -0.4 is 14.8 Å². The molecule has 0 bridgehead atoms. The van der Waals surface area contributed by atoms with Crippen molar-refractivity contribution in [2.45, 2.75) is 6.92 Å². The van der Waals surface area contributed by atoms with Crippen LogP contribution in [0.25, 0.3) is 11.0 Å². The van der Waals surface area contributed by atoms with Gasteiger partial charge in [0.2, 0.25) is 0 Å². The summed E-state index contributed by atoms with van der Waals surface area (Å²) in [5.41, 5.74) is 1.56. The van der Waals surface area contributed by atoms with Gasteiger partial charge in [0.15, 0.2) is 17.3 Å². The Balaban J connectivity index is 1.69. The van der Waals surface area contributed by atoms with E-state index >= 15 is 0 Å². The topological polar surface area (TPSA) is 60.7 Å². The summed E-state index contributed by atoms with van der Waals surface area (Å²) in [5, 5.41) is 3.35. The molecule has 1 amide bonds. The van der Waals surface area contributed by atoms with Crippen LogP contribution in [-0.4, -0.2) is 19.1 Å². The lowest BCUT2D eigenvalue weighted by atomic mass is 10.1. The average Bonchev–Trinajstić information content (AvgIpc) is 2.92. The molecule has 0 atom stereocenters. The van der Waals surface area contributed by atoms with Gasteiger partial charge in [0, 0.05) is 10.9 Å². The van der Waals surface area contributed by atoms with Crippen LogP contribution in [0.3, 0.4) is 0 Å². The van der Waals surface area contributed by atoms with Gasteiger partial charge in [-0.3, -0.25) is 4.79 Å². The zero-order valence-corrected chi connectivity index (χ0v) is 12.9. The number of hydrogen-bond acceptors (Lipinski definition) is 4. The van der Waals surface area contributed by atoms with Crippen LogP contribution in [0, 0.1) is 12.7 Å². The first-order valence-corrected chi connectivity index (χ1v) is 7.52. The lowest BCUT2D eigenvalue weighted by Crippen LogP contribution is -2.18. The molecule has 0 saturated carbocycles. The van der Waals surface area contributed by atoms with Gasteiger partial charge >= 0.3 is 0 Å². The van der Waals surface area contributed by atoms with Gasteiger partial charge in [-0.25, -0.2) is 4.39 Å². The monoisotopic (exact) mass is 327 g/mol. The molecule has 122 valence electrons. The third-order valence-corrected chi connectivity index (χ3v) is 3.92. The Labute approximate surface area is 137 Å². The fourth-order valence-electron chi connectivity index (χ4n) is 2.76. The molecule has 1 aliphatic heterocycles. The van der Waals surface area contributed by atoms with Crippen LogP contribution in [-0.2, 0) is 0 Å². The number of para-hydroxylation sites is 1. The molecule has 0 fully saturated rings. The standard InChI is InChI=1S/C18H14FNO4/c1-10-12-9-11(19)5-6-14(12)24-16(10)18(21)20-13-3-2-4-15-17(13)23-8-7-22-15/h2-6,9H,7-8H2,1H3,(H,20,21). The number of furan rings is 1. The summed E-state index contributed by atoms with van der Waals surface area (Å²) in [7, 11) is 0. The minimum absolute atomic E-state index is 0.143. The van der Waals surface area contributed by atoms with Crippen molar-refractivity contribution in [3.63, 3.8) is 0 Å². The van der Waals surface area contributed by atoms with E-state index in [4.69, 9.17) is 13.9 Å². The van der Waals surface area contributed by atoms with Crippen molar-refractivity contribution in [2.75, 3.05) is 18.5 Å². The van der Waals surface area contributed by atoms with E-state index in [1.54, 1.807) is 25.1 Å². The maximum Gasteiger partial charge on any atom is 0.291 e. The lowest BCUT2D eigenvalue weighted by Gasteiger charge is -2.20. The van der Waals surface area contributed by atoms with Gasteiger partial charge in [0.05, 0.1) is 5.69 Å². The molecule has 0 saturated heterocycles. The highest BCUT2D eigenvalue weighted by Crippen LogP contribution is 2.37. The summed E-state index contributed by atoms with van der Waals surface area (Å²) in [6, 6.07) is 9.43. The van der Waals surface area contributed by atoms with Gasteiger partial charge in [-0.2, -0.15) is 0 Å². The summed E-state index contributed by atoms with van der Waals surface area (Å²) in [6.07, 6.45) is 0. The number of carbonyl (C=O) groups is 1. The summed E-state index contributed by atoms with van der Waals surface area (Å²) in [4.78, 5) is 12.6. The van der Waals surface area contributed by atoms with E-state index < -0.39 is 5.91 Å². The van der Waals surface area contributed by atoms with E-state index in [-0.39, 0.29) is 11.6 Å². The molecule has 4 rings (SSSR count). The Hall–Kier alpha value is -3.02. The number of carbonyl (C=O) groups excluding carboxylic acids is 1. The Morgan fingerprint density at radius 2 is 2.00 bits per heavy atom. The molecule has 1 N–H and O–H groups in total. The van der Waals surface area contributed by atoms with Crippen molar-refractivity contribution in [1.29, 1.82) is 0 Å². The first-order chi connectivity index (χ1) is 11.6. The van der Waals surface area contributed by atoms with Crippen LogP contribution >= 0.6 is 0 Å². The van der Waals surface area contributed by atoms with Gasteiger partial charge in [-0.05, 0) is 37.3 Å². The molecular weight excluding hydrogens is 313 g/mol. The van der Waals surface area contributed by atoms with E-state index in [9.17, 15) is 9.18 Å². The second kappa shape index (κ2) is 5.56. The number of rotatable bonds is 2. The number of benzene rings is 2. The third-order valence-electron chi connectivity index (χ3n) is 3.92. The zero-order valence-electron chi connectivity index (χ0n) is 12.9. The van der Waals surface area contributed by atoms with Crippen molar-refractivity contribution in [3.8, 4) is 11.5 Å². The summed E-state index contributed by atoms with van der Waals surface area (Å²) < 4.78 is 30.0. The molecule has 24 heavy (non-hydrogen) atoms. The summed E-state index contributed by atoms with van der Waals surface area (Å²) in [6.45, 7) is 2.61. The minimum Gasteiger partial charge on any atom is -0.486 e. The number of amides is 1. The number of fused-ring (bicyclic) bond motifs is 2. The number of nitrogens with one attached hydrogen (secondary N) is 1. The van der Waals surface area contributed by atoms with Gasteiger partial charge in [-0.15, -0.1) is 0 Å². The Morgan fingerprint density at radius 3 is 2.88 bits per heavy atom. The van der Waals surface area contributed by atoms with E-state index in [1.165, 1.54) is 18.2 Å². The predicted octanol–water partition coefficient (Wildman–Crippen LogP) is 3.90. The van der Waals surface area contributed by atoms with Gasteiger partial charge in [0.1, 0.15) is 24.6 Å². The first-order valence-electron chi connectivity index (χ1n) is 7.52. The fraction of sp³-hybridized carbons (Fsp3) is 0.167. The Morgan fingerprint density at radius 1 is 1.17 bits per heavy atom. The second-order valence-electron chi connectivity index (χ2n) is 5.48. The number of aryl methyl sites for hydroxylation is 1. The van der Waals surface area contributed by atoms with Crippen LogP contribution in [0.4, 0.5) is 10.1 Å². The Kier molecular flexibility index (Phi) is 3.37. The highest BCUT2D eigenvalue weighted by atomic mass is 19.1. The van der Waals surface area contributed by atoms with Gasteiger partial charge in [0.25, 0.3) is 5.91 Å². The molecular formula is C18H14FNO4. The first kappa shape index (κ1) is 14.6. The van der Waals surface area contributed by atoms with Crippen LogP contribution in [0.2, 0.25) is 0 Å². The molecule has 1 aromatic heterocycles. The molecule has 2 heterocycles. The molecule has 3 aromatic rings. The maximum atomic E-state index is 13.4. The Bertz CT molecular complexity index is 948. The quantitative estimate of drug-likeness (QED) is 0.775. The van der Waals surface area contributed by atoms with Crippen molar-refractivity contribution in [2.24, 2.45) is 0 Å². The smallest absolute Gasteiger partial charge is 0.291 e. The van der Waals surface area contributed by atoms with Crippen molar-refractivity contribution < 1.29 is 23.1 Å². The number of hydrogen-bond donors (Lipinski definition) is 1. The average molecular weight is 327 g/mol. The minimum atomic E-state index is -0.424. The van der Waals surface area contributed by atoms with E-state index in [2.05, 4.69) is 5.32 Å². The molecule has 0 unspecified atom stereocenters. The number of halogens is 1. The largest absolute Gasteiger partial charge is 0.486 e. The highest BCUT2D eigenvalue weighted by molar-refractivity contribution is 6.07. The molecule has 0 aliphatic carbocycles. The molecule has 2 aromatic carbocycles. The molecule has 1 aliphatic rings. The molecule has 5 nitrogen and oxygen atoms in total. The highest BCUT2D eigenvalue weighted by Gasteiger charge is 2.22.